The Hall–Kier alpha value is -2.19. The molecule has 0 unspecified atom stereocenters. The molecular formula is C21H26N2O4S2. The molecule has 0 spiro atoms. The molecule has 0 atom stereocenters. The molecule has 0 saturated heterocycles. The molecule has 0 N–H and O–H groups in total. The molecule has 0 fully saturated rings. The van der Waals surface area contributed by atoms with Gasteiger partial charge in [0.2, 0.25) is 0 Å². The Morgan fingerprint density at radius 3 is 2.52 bits per heavy atom. The van der Waals surface area contributed by atoms with Crippen molar-refractivity contribution in [3.63, 3.8) is 0 Å². The Balaban J connectivity index is 2.18. The number of hydrogen-bond acceptors (Lipinski definition) is 7. The van der Waals surface area contributed by atoms with Gasteiger partial charge in [-0.1, -0.05) is 17.4 Å². The van der Waals surface area contributed by atoms with E-state index in [1.165, 1.54) is 16.2 Å². The maximum absolute atomic E-state index is 12.7. The molecule has 0 amide bonds. The molecule has 2 aromatic rings. The number of thiophene rings is 1. The van der Waals surface area contributed by atoms with Crippen molar-refractivity contribution in [2.24, 2.45) is 4.99 Å². The van der Waals surface area contributed by atoms with Crippen LogP contribution in [0.5, 0.6) is 0 Å². The second kappa shape index (κ2) is 9.54. The number of fused-ring (bicyclic) bond motifs is 1. The predicted octanol–water partition coefficient (Wildman–Crippen LogP) is 4.57. The third-order valence-corrected chi connectivity index (χ3v) is 7.11. The summed E-state index contributed by atoms with van der Waals surface area (Å²) >= 11 is 2.83. The molecule has 6 nitrogen and oxygen atoms in total. The molecule has 156 valence electrons. The van der Waals surface area contributed by atoms with Crippen LogP contribution in [0.1, 0.15) is 62.9 Å². The standard InChI is InChI=1S/C21H26N2O4S2/c1-5-12-23-13(4)17(20(25)27-7-3)29-21(23)22-18-16(19(24)26-6-2)14-10-8-9-11-15(14)28-18/h5H,1,6-12H2,2-4H3/b22-21-. The number of ether oxygens (including phenoxy) is 2. The second-order valence-corrected chi connectivity index (χ2v) is 8.70. The lowest BCUT2D eigenvalue weighted by Gasteiger charge is -2.11. The normalized spacial score (nSPS) is 13.8. The molecule has 3 rings (SSSR count). The van der Waals surface area contributed by atoms with Gasteiger partial charge in [-0.15, -0.1) is 17.9 Å². The Morgan fingerprint density at radius 2 is 1.83 bits per heavy atom. The van der Waals surface area contributed by atoms with Gasteiger partial charge in [0.25, 0.3) is 0 Å². The van der Waals surface area contributed by atoms with Gasteiger partial charge < -0.3 is 14.0 Å². The van der Waals surface area contributed by atoms with Gasteiger partial charge in [-0.3, -0.25) is 0 Å². The van der Waals surface area contributed by atoms with Crippen LogP contribution in [-0.2, 0) is 28.9 Å². The number of nitrogens with zero attached hydrogens (tertiary/aromatic N) is 2. The van der Waals surface area contributed by atoms with Crippen LogP contribution in [0.15, 0.2) is 17.6 Å². The number of rotatable bonds is 7. The second-order valence-electron chi connectivity index (χ2n) is 6.64. The van der Waals surface area contributed by atoms with Gasteiger partial charge in [-0.25, -0.2) is 14.6 Å². The number of carbonyl (C=O) groups excluding carboxylic acids is 2. The van der Waals surface area contributed by atoms with Crippen molar-refractivity contribution in [2.75, 3.05) is 13.2 Å². The zero-order chi connectivity index (χ0) is 21.0. The highest BCUT2D eigenvalue weighted by Crippen LogP contribution is 2.40. The van der Waals surface area contributed by atoms with Gasteiger partial charge in [-0.2, -0.15) is 0 Å². The number of aryl methyl sites for hydroxylation is 1. The highest BCUT2D eigenvalue weighted by Gasteiger charge is 2.27. The lowest BCUT2D eigenvalue weighted by atomic mass is 9.95. The summed E-state index contributed by atoms with van der Waals surface area (Å²) in [6, 6.07) is 0. The first kappa shape index (κ1) is 21.5. The highest BCUT2D eigenvalue weighted by atomic mass is 32.1. The summed E-state index contributed by atoms with van der Waals surface area (Å²) in [6.45, 7) is 10.4. The van der Waals surface area contributed by atoms with Crippen LogP contribution in [0.3, 0.4) is 0 Å². The van der Waals surface area contributed by atoms with Crippen molar-refractivity contribution >= 4 is 39.6 Å². The number of hydrogen-bond donors (Lipinski definition) is 0. The number of allylic oxidation sites excluding steroid dienone is 1. The summed E-state index contributed by atoms with van der Waals surface area (Å²) in [4.78, 5) is 32.3. The monoisotopic (exact) mass is 434 g/mol. The van der Waals surface area contributed by atoms with E-state index in [2.05, 4.69) is 6.58 Å². The molecule has 0 bridgehead atoms. The van der Waals surface area contributed by atoms with Gasteiger partial charge in [-0.05, 0) is 52.0 Å². The van der Waals surface area contributed by atoms with E-state index in [0.717, 1.165) is 36.9 Å². The first-order valence-corrected chi connectivity index (χ1v) is 11.5. The number of aromatic nitrogens is 1. The summed E-state index contributed by atoms with van der Waals surface area (Å²) in [5, 5.41) is 0.657. The first-order valence-electron chi connectivity index (χ1n) is 9.86. The topological polar surface area (TPSA) is 69.9 Å². The van der Waals surface area contributed by atoms with E-state index >= 15 is 0 Å². The maximum atomic E-state index is 12.7. The first-order chi connectivity index (χ1) is 14.0. The van der Waals surface area contributed by atoms with Gasteiger partial charge >= 0.3 is 11.9 Å². The summed E-state index contributed by atoms with van der Waals surface area (Å²) in [5.74, 6) is -0.676. The van der Waals surface area contributed by atoms with Gasteiger partial charge in [0.05, 0.1) is 18.8 Å². The third-order valence-electron chi connectivity index (χ3n) is 4.76. The van der Waals surface area contributed by atoms with Gasteiger partial charge in [0, 0.05) is 17.1 Å². The average molecular weight is 435 g/mol. The minimum Gasteiger partial charge on any atom is -0.462 e. The minimum atomic E-state index is -0.356. The summed E-state index contributed by atoms with van der Waals surface area (Å²) < 4.78 is 12.4. The van der Waals surface area contributed by atoms with Crippen molar-refractivity contribution in [3.8, 4) is 0 Å². The smallest absolute Gasteiger partial charge is 0.350 e. The lowest BCUT2D eigenvalue weighted by Crippen LogP contribution is -2.15. The van der Waals surface area contributed by atoms with Crippen molar-refractivity contribution in [1.82, 2.24) is 4.57 Å². The van der Waals surface area contributed by atoms with Crippen LogP contribution in [0.2, 0.25) is 0 Å². The van der Waals surface area contributed by atoms with E-state index in [-0.39, 0.29) is 11.9 Å². The Labute approximate surface area is 178 Å². The molecule has 0 saturated carbocycles. The van der Waals surface area contributed by atoms with Gasteiger partial charge in [0.1, 0.15) is 9.88 Å². The molecule has 29 heavy (non-hydrogen) atoms. The summed E-state index contributed by atoms with van der Waals surface area (Å²) in [5.41, 5.74) is 2.44. The fourth-order valence-electron chi connectivity index (χ4n) is 3.43. The van der Waals surface area contributed by atoms with Crippen molar-refractivity contribution in [2.45, 2.75) is 53.0 Å². The Kier molecular flexibility index (Phi) is 7.08. The van der Waals surface area contributed by atoms with Crippen molar-refractivity contribution in [1.29, 1.82) is 0 Å². The largest absolute Gasteiger partial charge is 0.462 e. The lowest BCUT2D eigenvalue weighted by molar-refractivity contribution is 0.0518. The summed E-state index contributed by atoms with van der Waals surface area (Å²) in [7, 11) is 0. The van der Waals surface area contributed by atoms with Crippen LogP contribution in [0.4, 0.5) is 5.00 Å². The van der Waals surface area contributed by atoms with Gasteiger partial charge in [0.15, 0.2) is 4.80 Å². The van der Waals surface area contributed by atoms with Crippen molar-refractivity contribution < 1.29 is 19.1 Å². The molecule has 2 heterocycles. The van der Waals surface area contributed by atoms with Crippen LogP contribution >= 0.6 is 22.7 Å². The van der Waals surface area contributed by atoms with Crippen LogP contribution in [0.25, 0.3) is 0 Å². The van der Waals surface area contributed by atoms with E-state index in [9.17, 15) is 9.59 Å². The third kappa shape index (κ3) is 4.38. The molecule has 2 aromatic heterocycles. The highest BCUT2D eigenvalue weighted by molar-refractivity contribution is 7.16. The Morgan fingerprint density at radius 1 is 1.14 bits per heavy atom. The molecule has 8 heteroatoms. The van der Waals surface area contributed by atoms with Crippen LogP contribution < -0.4 is 4.80 Å². The van der Waals surface area contributed by atoms with E-state index in [4.69, 9.17) is 14.5 Å². The Bertz CT molecular complexity index is 997. The number of esters is 2. The average Bonchev–Trinajstić information content (AvgIpc) is 3.21. The molecule has 0 aliphatic heterocycles. The zero-order valence-electron chi connectivity index (χ0n) is 17.1. The molecular weight excluding hydrogens is 408 g/mol. The van der Waals surface area contributed by atoms with E-state index in [1.54, 1.807) is 31.3 Å². The predicted molar refractivity (Wildman–Crippen MR) is 115 cm³/mol. The summed E-state index contributed by atoms with van der Waals surface area (Å²) in [6.07, 6.45) is 5.79. The fraction of sp³-hybridized carbons (Fsp3) is 0.476. The molecule has 1 aliphatic rings. The fourth-order valence-corrected chi connectivity index (χ4v) is 5.78. The molecule has 1 aliphatic carbocycles. The number of carbonyl (C=O) groups is 2. The number of thiazole rings is 1. The maximum Gasteiger partial charge on any atom is 0.350 e. The van der Waals surface area contributed by atoms with Crippen LogP contribution in [0, 0.1) is 6.92 Å². The molecule has 0 radical (unpaired) electrons. The van der Waals surface area contributed by atoms with E-state index in [1.807, 2.05) is 11.5 Å². The quantitative estimate of drug-likeness (QED) is 0.473. The minimum absolute atomic E-state index is 0.314. The van der Waals surface area contributed by atoms with E-state index < -0.39 is 0 Å². The van der Waals surface area contributed by atoms with E-state index in [0.29, 0.717) is 40.0 Å². The SMILES string of the molecule is C=CCn1c(C)c(C(=O)OCC)s/c1=N\c1sc2c(c1C(=O)OCC)CCCC2. The zero-order valence-corrected chi connectivity index (χ0v) is 18.7. The molecule has 0 aromatic carbocycles. The van der Waals surface area contributed by atoms with Crippen LogP contribution in [-0.4, -0.2) is 29.7 Å². The van der Waals surface area contributed by atoms with Crippen molar-refractivity contribution in [3.05, 3.63) is 44.0 Å².